The molecular formula is C26H20Cl2O4S. The Kier molecular flexibility index (Phi) is 6.75. The summed E-state index contributed by atoms with van der Waals surface area (Å²) < 4.78 is 33.2. The maximum absolute atomic E-state index is 13.6. The quantitative estimate of drug-likeness (QED) is 0.250. The maximum atomic E-state index is 13.6. The van der Waals surface area contributed by atoms with Crippen LogP contribution in [-0.2, 0) is 9.84 Å². The number of sulfone groups is 1. The largest absolute Gasteiger partial charge is 0.460 e. The van der Waals surface area contributed by atoms with Crippen molar-refractivity contribution in [3.05, 3.63) is 112 Å². The van der Waals surface area contributed by atoms with Gasteiger partial charge >= 0.3 is 0 Å². The normalized spacial score (nSPS) is 12.5. The van der Waals surface area contributed by atoms with Crippen molar-refractivity contribution >= 4 is 38.8 Å². The Labute approximate surface area is 202 Å². The van der Waals surface area contributed by atoms with Crippen LogP contribution >= 0.6 is 23.2 Å². The lowest BCUT2D eigenvalue weighted by Crippen LogP contribution is -2.17. The number of ketones is 1. The van der Waals surface area contributed by atoms with Crippen molar-refractivity contribution in [2.45, 2.75) is 23.5 Å². The Hall–Kier alpha value is -2.86. The Balaban J connectivity index is 1.74. The molecule has 0 bridgehead atoms. The van der Waals surface area contributed by atoms with Crippen LogP contribution in [0.2, 0.25) is 10.0 Å². The van der Waals surface area contributed by atoms with Gasteiger partial charge < -0.3 is 4.42 Å². The molecule has 0 amide bonds. The number of halogens is 2. The second-order valence-electron chi connectivity index (χ2n) is 7.69. The average Bonchev–Trinajstić information content (AvgIpc) is 3.28. The second-order valence-corrected chi connectivity index (χ2v) is 10.7. The second kappa shape index (κ2) is 9.56. The highest BCUT2D eigenvalue weighted by atomic mass is 35.5. The fourth-order valence-corrected chi connectivity index (χ4v) is 5.37. The van der Waals surface area contributed by atoms with Crippen molar-refractivity contribution in [3.63, 3.8) is 0 Å². The van der Waals surface area contributed by atoms with Crippen molar-refractivity contribution < 1.29 is 17.6 Å². The van der Waals surface area contributed by atoms with Crippen LogP contribution in [0.1, 0.15) is 33.4 Å². The minimum Gasteiger partial charge on any atom is -0.460 e. The predicted octanol–water partition coefficient (Wildman–Crippen LogP) is 7.35. The van der Waals surface area contributed by atoms with Gasteiger partial charge in [-0.2, -0.15) is 0 Å². The predicted molar refractivity (Wildman–Crippen MR) is 131 cm³/mol. The van der Waals surface area contributed by atoms with Crippen LogP contribution in [0.15, 0.2) is 94.2 Å². The van der Waals surface area contributed by atoms with Crippen LogP contribution in [0.3, 0.4) is 0 Å². The Morgan fingerprint density at radius 3 is 2.00 bits per heavy atom. The minimum absolute atomic E-state index is 0.131. The molecule has 0 fully saturated rings. The van der Waals surface area contributed by atoms with Crippen LogP contribution in [-0.4, -0.2) is 14.2 Å². The summed E-state index contributed by atoms with van der Waals surface area (Å²) >= 11 is 11.9. The smallest absolute Gasteiger partial charge is 0.188 e. The van der Waals surface area contributed by atoms with Gasteiger partial charge in [0.1, 0.15) is 16.8 Å². The average molecular weight is 499 g/mol. The minimum atomic E-state index is -3.92. The topological polar surface area (TPSA) is 64.3 Å². The molecule has 0 N–H and O–H groups in total. The van der Waals surface area contributed by atoms with Gasteiger partial charge in [-0.15, -0.1) is 0 Å². The first kappa shape index (κ1) is 23.3. The van der Waals surface area contributed by atoms with Gasteiger partial charge in [0.25, 0.3) is 0 Å². The van der Waals surface area contributed by atoms with E-state index in [-0.39, 0.29) is 22.9 Å². The van der Waals surface area contributed by atoms with Crippen molar-refractivity contribution in [1.29, 1.82) is 0 Å². The van der Waals surface area contributed by atoms with Crippen molar-refractivity contribution in [2.24, 2.45) is 0 Å². The van der Waals surface area contributed by atoms with Crippen LogP contribution in [0.25, 0.3) is 11.3 Å². The molecule has 7 heteroatoms. The van der Waals surface area contributed by atoms with Crippen molar-refractivity contribution in [2.75, 3.05) is 0 Å². The molecule has 0 aliphatic heterocycles. The first-order valence-corrected chi connectivity index (χ1v) is 12.5. The van der Waals surface area contributed by atoms with Gasteiger partial charge in [0.05, 0.1) is 4.90 Å². The molecule has 0 saturated carbocycles. The van der Waals surface area contributed by atoms with E-state index in [0.29, 0.717) is 21.4 Å². The standard InChI is InChI=1S/C26H20Cl2O4S/c1-17-2-12-22(13-3-17)33(30,31)26(16-23(29)18-4-8-20(27)9-5-18)25-15-14-24(32-25)19-6-10-21(28)11-7-19/h2-15,26H,16H2,1H3/t26-/m0/s1. The summed E-state index contributed by atoms with van der Waals surface area (Å²) in [7, 11) is -3.92. The van der Waals surface area contributed by atoms with Gasteiger partial charge in [0.15, 0.2) is 15.6 Å². The Morgan fingerprint density at radius 2 is 1.39 bits per heavy atom. The van der Waals surface area contributed by atoms with Crippen LogP contribution in [0.5, 0.6) is 0 Å². The van der Waals surface area contributed by atoms with Crippen LogP contribution < -0.4 is 0 Å². The van der Waals surface area contributed by atoms with E-state index >= 15 is 0 Å². The molecule has 1 heterocycles. The number of Topliss-reactive ketones (excluding diaryl/α,β-unsaturated/α-hetero) is 1. The Morgan fingerprint density at radius 1 is 0.818 bits per heavy atom. The lowest BCUT2D eigenvalue weighted by molar-refractivity contribution is 0.0978. The molecule has 0 aliphatic carbocycles. The number of carbonyl (C=O) groups excluding carboxylic acids is 1. The molecule has 1 aromatic heterocycles. The first-order chi connectivity index (χ1) is 15.7. The van der Waals surface area contributed by atoms with Gasteiger partial charge in [0.2, 0.25) is 0 Å². The van der Waals surface area contributed by atoms with E-state index in [1.54, 1.807) is 84.9 Å². The zero-order valence-corrected chi connectivity index (χ0v) is 20.0. The number of benzene rings is 3. The van der Waals surface area contributed by atoms with E-state index in [9.17, 15) is 13.2 Å². The molecule has 33 heavy (non-hydrogen) atoms. The Bertz CT molecular complexity index is 1370. The third-order valence-corrected chi connectivity index (χ3v) is 7.92. The van der Waals surface area contributed by atoms with Gasteiger partial charge in [-0.25, -0.2) is 8.42 Å². The van der Waals surface area contributed by atoms with E-state index in [4.69, 9.17) is 27.6 Å². The van der Waals surface area contributed by atoms with Crippen LogP contribution in [0, 0.1) is 6.92 Å². The molecule has 4 rings (SSSR count). The molecule has 4 nitrogen and oxygen atoms in total. The number of aryl methyl sites for hydroxylation is 1. The monoisotopic (exact) mass is 498 g/mol. The summed E-state index contributed by atoms with van der Waals surface area (Å²) in [4.78, 5) is 13.2. The van der Waals surface area contributed by atoms with Crippen molar-refractivity contribution in [1.82, 2.24) is 0 Å². The number of furan rings is 1. The fraction of sp³-hybridized carbons (Fsp3) is 0.115. The number of carbonyl (C=O) groups is 1. The third kappa shape index (κ3) is 5.22. The van der Waals surface area contributed by atoms with E-state index in [1.165, 1.54) is 0 Å². The van der Waals surface area contributed by atoms with E-state index in [0.717, 1.165) is 11.1 Å². The van der Waals surface area contributed by atoms with E-state index < -0.39 is 15.1 Å². The van der Waals surface area contributed by atoms with E-state index in [1.807, 2.05) is 6.92 Å². The summed E-state index contributed by atoms with van der Waals surface area (Å²) in [5.74, 6) is 0.365. The molecule has 0 spiro atoms. The van der Waals surface area contributed by atoms with Crippen LogP contribution in [0.4, 0.5) is 0 Å². The summed E-state index contributed by atoms with van der Waals surface area (Å²) in [5, 5.41) is -0.114. The fourth-order valence-electron chi connectivity index (χ4n) is 3.47. The zero-order chi connectivity index (χ0) is 23.6. The molecule has 4 aromatic rings. The lowest BCUT2D eigenvalue weighted by atomic mass is 10.1. The summed E-state index contributed by atoms with van der Waals surface area (Å²) in [6.07, 6.45) is -0.272. The van der Waals surface area contributed by atoms with Gasteiger partial charge in [-0.1, -0.05) is 40.9 Å². The molecule has 0 radical (unpaired) electrons. The zero-order valence-electron chi connectivity index (χ0n) is 17.7. The number of hydrogen-bond acceptors (Lipinski definition) is 4. The number of hydrogen-bond donors (Lipinski definition) is 0. The van der Waals surface area contributed by atoms with Crippen molar-refractivity contribution in [3.8, 4) is 11.3 Å². The van der Waals surface area contributed by atoms with Gasteiger partial charge in [-0.05, 0) is 79.7 Å². The highest BCUT2D eigenvalue weighted by Gasteiger charge is 2.34. The SMILES string of the molecule is Cc1ccc(S(=O)(=O)[C@@H](CC(=O)c2ccc(Cl)cc2)c2ccc(-c3ccc(Cl)cc3)o2)cc1. The molecule has 0 saturated heterocycles. The first-order valence-electron chi connectivity index (χ1n) is 10.2. The molecule has 0 aliphatic rings. The molecular weight excluding hydrogens is 479 g/mol. The molecule has 3 aromatic carbocycles. The highest BCUT2D eigenvalue weighted by Crippen LogP contribution is 2.36. The summed E-state index contributed by atoms with van der Waals surface area (Å²) in [6, 6.07) is 23.3. The van der Waals surface area contributed by atoms with Gasteiger partial charge in [0, 0.05) is 27.6 Å². The number of rotatable bonds is 7. The third-order valence-electron chi connectivity index (χ3n) is 5.33. The molecule has 168 valence electrons. The lowest BCUT2D eigenvalue weighted by Gasteiger charge is -2.16. The molecule has 1 atom stereocenters. The molecule has 0 unspecified atom stereocenters. The van der Waals surface area contributed by atoms with E-state index in [2.05, 4.69) is 0 Å². The van der Waals surface area contributed by atoms with Gasteiger partial charge in [-0.3, -0.25) is 4.79 Å². The summed E-state index contributed by atoms with van der Waals surface area (Å²) in [5.41, 5.74) is 2.07. The summed E-state index contributed by atoms with van der Waals surface area (Å²) in [6.45, 7) is 1.88. The highest BCUT2D eigenvalue weighted by molar-refractivity contribution is 7.91. The maximum Gasteiger partial charge on any atom is 0.188 e.